The van der Waals surface area contributed by atoms with E-state index in [-0.39, 0.29) is 0 Å². The van der Waals surface area contributed by atoms with Crippen molar-refractivity contribution in [3.05, 3.63) is 65.9 Å². The van der Waals surface area contributed by atoms with Crippen molar-refractivity contribution in [1.29, 1.82) is 0 Å². The molecule has 0 amide bonds. The van der Waals surface area contributed by atoms with Gasteiger partial charge in [-0.3, -0.25) is 4.90 Å². The molecule has 1 fully saturated rings. The molecule has 1 aliphatic heterocycles. The maximum Gasteiger partial charge on any atom is 0.335 e. The molecule has 0 radical (unpaired) electrons. The topological polar surface area (TPSA) is 45.5 Å². The molecule has 4 heteroatoms. The number of piperidine rings is 1. The van der Waals surface area contributed by atoms with Gasteiger partial charge >= 0.3 is 5.97 Å². The van der Waals surface area contributed by atoms with Gasteiger partial charge in [0.05, 0.1) is 11.1 Å². The van der Waals surface area contributed by atoms with Crippen LogP contribution in [0, 0.1) is 0 Å². The number of likely N-dealkylation sites (tertiary alicyclic amines) is 1. The summed E-state index contributed by atoms with van der Waals surface area (Å²) in [6.07, 6.45) is 6.11. The normalized spacial score (nSPS) is 16.7. The smallest absolute Gasteiger partial charge is 0.335 e. The van der Waals surface area contributed by atoms with Crippen LogP contribution in [0.15, 0.2) is 54.7 Å². The number of carbonyl (C=O) groups is 1. The molecule has 26 heavy (non-hydrogen) atoms. The van der Waals surface area contributed by atoms with E-state index in [9.17, 15) is 4.79 Å². The van der Waals surface area contributed by atoms with Crippen molar-refractivity contribution in [3.8, 4) is 5.69 Å². The van der Waals surface area contributed by atoms with E-state index in [0.29, 0.717) is 11.6 Å². The first kappa shape index (κ1) is 16.9. The molecule has 0 saturated carbocycles. The lowest BCUT2D eigenvalue weighted by Gasteiger charge is -2.32. The van der Waals surface area contributed by atoms with Gasteiger partial charge in [0.25, 0.3) is 0 Å². The van der Waals surface area contributed by atoms with E-state index in [1.165, 1.54) is 30.2 Å². The van der Waals surface area contributed by atoms with Crippen molar-refractivity contribution in [2.24, 2.45) is 0 Å². The van der Waals surface area contributed by atoms with E-state index in [0.717, 1.165) is 24.3 Å². The largest absolute Gasteiger partial charge is 0.478 e. The Morgan fingerprint density at radius 1 is 1.00 bits per heavy atom. The van der Waals surface area contributed by atoms with Gasteiger partial charge < -0.3 is 9.67 Å². The third-order valence-electron chi connectivity index (χ3n) is 5.52. The van der Waals surface area contributed by atoms with Crippen LogP contribution in [0.2, 0.25) is 0 Å². The molecule has 1 N–H and O–H groups in total. The number of carboxylic acids is 1. The predicted octanol–water partition coefficient (Wildman–Crippen LogP) is 4.88. The number of rotatable bonds is 4. The van der Waals surface area contributed by atoms with Crippen molar-refractivity contribution in [3.63, 3.8) is 0 Å². The lowest BCUT2D eigenvalue weighted by molar-refractivity contribution is 0.0697. The van der Waals surface area contributed by atoms with Gasteiger partial charge in [-0.15, -0.1) is 0 Å². The molecule has 1 unspecified atom stereocenters. The Hall–Kier alpha value is -2.59. The Bertz CT molecular complexity index is 921. The Kier molecular flexibility index (Phi) is 4.51. The third kappa shape index (κ3) is 3.01. The molecule has 134 valence electrons. The zero-order chi connectivity index (χ0) is 18.1. The van der Waals surface area contributed by atoms with Gasteiger partial charge in [0.15, 0.2) is 0 Å². The first-order valence-electron chi connectivity index (χ1n) is 9.33. The van der Waals surface area contributed by atoms with E-state index < -0.39 is 5.97 Å². The van der Waals surface area contributed by atoms with Crippen LogP contribution in [-0.4, -0.2) is 33.6 Å². The maximum atomic E-state index is 11.1. The number of carboxylic acid groups (broad SMARTS) is 1. The monoisotopic (exact) mass is 348 g/mol. The number of para-hydroxylation sites is 1. The van der Waals surface area contributed by atoms with Gasteiger partial charge in [0.2, 0.25) is 0 Å². The minimum absolute atomic E-state index is 0.312. The van der Waals surface area contributed by atoms with Crippen molar-refractivity contribution in [1.82, 2.24) is 9.47 Å². The Balaban J connectivity index is 1.77. The van der Waals surface area contributed by atoms with Crippen LogP contribution in [0.4, 0.5) is 0 Å². The highest BCUT2D eigenvalue weighted by Crippen LogP contribution is 2.33. The first-order valence-corrected chi connectivity index (χ1v) is 9.33. The van der Waals surface area contributed by atoms with Crippen LogP contribution < -0.4 is 0 Å². The molecule has 1 aromatic heterocycles. The summed E-state index contributed by atoms with van der Waals surface area (Å²) in [6.45, 7) is 4.62. The molecule has 0 aliphatic carbocycles. The van der Waals surface area contributed by atoms with Crippen molar-refractivity contribution >= 4 is 16.9 Å². The summed E-state index contributed by atoms with van der Waals surface area (Å²) in [5.74, 6) is -0.895. The summed E-state index contributed by atoms with van der Waals surface area (Å²) in [5, 5.41) is 10.4. The van der Waals surface area contributed by atoms with Gasteiger partial charge in [0.1, 0.15) is 0 Å². The summed E-state index contributed by atoms with van der Waals surface area (Å²) in [6, 6.07) is 15.9. The standard InChI is InChI=1S/C22H24N2O2/c1-16(23-13-5-2-6-14-23)20-15-24(21-8-4-3-7-19(20)21)18-11-9-17(10-12-18)22(25)26/h3-4,7-12,15-16H,2,5-6,13-14H2,1H3,(H,25,26). The minimum Gasteiger partial charge on any atom is -0.478 e. The fourth-order valence-electron chi connectivity index (χ4n) is 4.02. The summed E-state index contributed by atoms with van der Waals surface area (Å²) >= 11 is 0. The van der Waals surface area contributed by atoms with Crippen molar-refractivity contribution < 1.29 is 9.90 Å². The van der Waals surface area contributed by atoms with Gasteiger partial charge in [-0.2, -0.15) is 0 Å². The zero-order valence-electron chi connectivity index (χ0n) is 15.1. The number of aromatic nitrogens is 1. The molecule has 4 rings (SSSR count). The summed E-state index contributed by atoms with van der Waals surface area (Å²) in [4.78, 5) is 13.7. The van der Waals surface area contributed by atoms with Crippen molar-refractivity contribution in [2.75, 3.05) is 13.1 Å². The second-order valence-corrected chi connectivity index (χ2v) is 7.10. The maximum absolute atomic E-state index is 11.1. The molecule has 0 bridgehead atoms. The summed E-state index contributed by atoms with van der Waals surface area (Å²) in [7, 11) is 0. The van der Waals surface area contributed by atoms with E-state index in [2.05, 4.69) is 46.9 Å². The molecule has 1 aliphatic rings. The number of nitrogens with zero attached hydrogens (tertiary/aromatic N) is 2. The quantitative estimate of drug-likeness (QED) is 0.731. The van der Waals surface area contributed by atoms with Gasteiger partial charge in [-0.05, 0) is 68.8 Å². The SMILES string of the molecule is CC(c1cn(-c2ccc(C(=O)O)cc2)c2ccccc12)N1CCCCC1. The van der Waals surface area contributed by atoms with Gasteiger partial charge in [-0.25, -0.2) is 4.79 Å². The van der Waals surface area contributed by atoms with E-state index in [4.69, 9.17) is 5.11 Å². The van der Waals surface area contributed by atoms with Gasteiger partial charge in [-0.1, -0.05) is 24.6 Å². The second kappa shape index (κ2) is 6.96. The molecular formula is C22H24N2O2. The zero-order valence-corrected chi connectivity index (χ0v) is 15.1. The molecule has 2 aromatic carbocycles. The fourth-order valence-corrected chi connectivity index (χ4v) is 4.02. The van der Waals surface area contributed by atoms with Crippen LogP contribution >= 0.6 is 0 Å². The highest BCUT2D eigenvalue weighted by molar-refractivity contribution is 5.88. The molecule has 4 nitrogen and oxygen atoms in total. The summed E-state index contributed by atoms with van der Waals surface area (Å²) < 4.78 is 2.18. The van der Waals surface area contributed by atoms with Crippen LogP contribution in [0.5, 0.6) is 0 Å². The van der Waals surface area contributed by atoms with Crippen LogP contribution in [0.3, 0.4) is 0 Å². The number of hydrogen-bond donors (Lipinski definition) is 1. The minimum atomic E-state index is -0.895. The lowest BCUT2D eigenvalue weighted by atomic mass is 10.0. The van der Waals surface area contributed by atoms with Crippen LogP contribution in [0.1, 0.15) is 48.1 Å². The van der Waals surface area contributed by atoms with Crippen LogP contribution in [0.25, 0.3) is 16.6 Å². The average molecular weight is 348 g/mol. The van der Waals surface area contributed by atoms with E-state index in [1.807, 2.05) is 12.1 Å². The molecule has 0 spiro atoms. The predicted molar refractivity (Wildman–Crippen MR) is 104 cm³/mol. The second-order valence-electron chi connectivity index (χ2n) is 7.10. The summed E-state index contributed by atoms with van der Waals surface area (Å²) in [5.41, 5.74) is 3.80. The number of aromatic carboxylic acids is 1. The number of fused-ring (bicyclic) bond motifs is 1. The number of hydrogen-bond acceptors (Lipinski definition) is 2. The first-order chi connectivity index (χ1) is 12.6. The molecule has 1 saturated heterocycles. The molecular weight excluding hydrogens is 324 g/mol. The van der Waals surface area contributed by atoms with Gasteiger partial charge in [0, 0.05) is 23.3 Å². The average Bonchev–Trinajstić information content (AvgIpc) is 3.08. The van der Waals surface area contributed by atoms with E-state index in [1.54, 1.807) is 12.1 Å². The third-order valence-corrected chi connectivity index (χ3v) is 5.52. The highest BCUT2D eigenvalue weighted by atomic mass is 16.4. The molecule has 3 aromatic rings. The Morgan fingerprint density at radius 3 is 2.38 bits per heavy atom. The Morgan fingerprint density at radius 2 is 1.69 bits per heavy atom. The lowest BCUT2D eigenvalue weighted by Crippen LogP contribution is -2.32. The number of benzene rings is 2. The van der Waals surface area contributed by atoms with Crippen LogP contribution in [-0.2, 0) is 0 Å². The fraction of sp³-hybridized carbons (Fsp3) is 0.318. The highest BCUT2D eigenvalue weighted by Gasteiger charge is 2.22. The molecule has 1 atom stereocenters. The molecule has 2 heterocycles. The Labute approximate surface area is 153 Å². The van der Waals surface area contributed by atoms with Crippen molar-refractivity contribution in [2.45, 2.75) is 32.2 Å². The van der Waals surface area contributed by atoms with E-state index >= 15 is 0 Å².